The molecule has 0 saturated heterocycles. The molecule has 6 heteroatoms. The van der Waals surface area contributed by atoms with Crippen LogP contribution in [0, 0.1) is 0 Å². The Kier molecular flexibility index (Phi) is 5.68. The van der Waals surface area contributed by atoms with Crippen molar-refractivity contribution in [1.29, 1.82) is 0 Å². The molecule has 0 aromatic heterocycles. The van der Waals surface area contributed by atoms with Crippen LogP contribution in [0.25, 0.3) is 0 Å². The summed E-state index contributed by atoms with van der Waals surface area (Å²) in [6.07, 6.45) is 0. The number of urea groups is 1. The van der Waals surface area contributed by atoms with E-state index in [1.54, 1.807) is 21.0 Å². The molecule has 1 aliphatic heterocycles. The van der Waals surface area contributed by atoms with Crippen LogP contribution in [0.1, 0.15) is 24.1 Å². The predicted molar refractivity (Wildman–Crippen MR) is 106 cm³/mol. The molecule has 0 aliphatic carbocycles. The normalized spacial score (nSPS) is 17.0. The molecular formula is C22H24N2O4. The second-order valence-corrected chi connectivity index (χ2v) is 6.69. The zero-order valence-electron chi connectivity index (χ0n) is 16.5. The van der Waals surface area contributed by atoms with Gasteiger partial charge in [0.2, 0.25) is 0 Å². The molecule has 2 aromatic rings. The molecule has 0 spiro atoms. The molecule has 2 aromatic carbocycles. The van der Waals surface area contributed by atoms with Crippen molar-refractivity contribution >= 4 is 12.0 Å². The van der Waals surface area contributed by atoms with Crippen LogP contribution < -0.4 is 4.74 Å². The van der Waals surface area contributed by atoms with Crippen molar-refractivity contribution in [2.45, 2.75) is 19.6 Å². The lowest BCUT2D eigenvalue weighted by Crippen LogP contribution is -2.47. The summed E-state index contributed by atoms with van der Waals surface area (Å²) in [5.41, 5.74) is 2.86. The van der Waals surface area contributed by atoms with Crippen molar-refractivity contribution in [1.82, 2.24) is 9.80 Å². The highest BCUT2D eigenvalue weighted by molar-refractivity contribution is 5.94. The molecule has 146 valence electrons. The summed E-state index contributed by atoms with van der Waals surface area (Å²) >= 11 is 0. The average Bonchev–Trinajstić information content (AvgIpc) is 2.73. The lowest BCUT2D eigenvalue weighted by Gasteiger charge is -2.39. The van der Waals surface area contributed by atoms with Gasteiger partial charge in [0, 0.05) is 19.8 Å². The molecule has 0 bridgehead atoms. The van der Waals surface area contributed by atoms with Gasteiger partial charge >= 0.3 is 12.0 Å². The van der Waals surface area contributed by atoms with Crippen LogP contribution in [0.4, 0.5) is 4.79 Å². The molecule has 1 aliphatic rings. The van der Waals surface area contributed by atoms with Gasteiger partial charge in [0.25, 0.3) is 0 Å². The van der Waals surface area contributed by atoms with Gasteiger partial charge in [0.1, 0.15) is 12.4 Å². The number of methoxy groups -OCH3 is 1. The Balaban J connectivity index is 1.94. The van der Waals surface area contributed by atoms with E-state index >= 15 is 0 Å². The maximum absolute atomic E-state index is 12.6. The molecule has 1 unspecified atom stereocenters. The molecule has 1 heterocycles. The Morgan fingerprint density at radius 3 is 2.46 bits per heavy atom. The highest BCUT2D eigenvalue weighted by Crippen LogP contribution is 2.37. The molecule has 0 radical (unpaired) electrons. The molecule has 0 fully saturated rings. The van der Waals surface area contributed by atoms with E-state index in [2.05, 4.69) is 0 Å². The van der Waals surface area contributed by atoms with E-state index in [0.29, 0.717) is 23.6 Å². The van der Waals surface area contributed by atoms with Crippen LogP contribution in [0.5, 0.6) is 5.75 Å². The first kappa shape index (κ1) is 19.5. The molecular weight excluding hydrogens is 356 g/mol. The number of carbonyl (C=O) groups excluding carboxylic acids is 2. The summed E-state index contributed by atoms with van der Waals surface area (Å²) in [5.74, 6) is 0.215. The van der Waals surface area contributed by atoms with Gasteiger partial charge in [-0.3, -0.25) is 0 Å². The number of benzene rings is 2. The van der Waals surface area contributed by atoms with Gasteiger partial charge in [0.15, 0.2) is 0 Å². The number of allylic oxidation sites excluding steroid dienone is 1. The van der Waals surface area contributed by atoms with Gasteiger partial charge < -0.3 is 19.3 Å². The zero-order valence-corrected chi connectivity index (χ0v) is 16.5. The highest BCUT2D eigenvalue weighted by atomic mass is 16.5. The number of rotatable bonds is 5. The van der Waals surface area contributed by atoms with E-state index in [1.165, 1.54) is 16.9 Å². The van der Waals surface area contributed by atoms with Crippen LogP contribution in [-0.2, 0) is 16.1 Å². The fourth-order valence-corrected chi connectivity index (χ4v) is 3.34. The summed E-state index contributed by atoms with van der Waals surface area (Å²) in [6, 6.07) is 16.6. The van der Waals surface area contributed by atoms with E-state index in [0.717, 1.165) is 11.1 Å². The average molecular weight is 380 g/mol. The third-order valence-electron chi connectivity index (χ3n) is 4.97. The minimum atomic E-state index is -0.545. The zero-order chi connectivity index (χ0) is 20.3. The molecule has 2 amide bonds. The lowest BCUT2D eigenvalue weighted by atomic mass is 9.93. The topological polar surface area (TPSA) is 59.1 Å². The van der Waals surface area contributed by atoms with Crippen molar-refractivity contribution < 1.29 is 19.1 Å². The summed E-state index contributed by atoms with van der Waals surface area (Å²) in [7, 11) is 4.67. The molecule has 3 rings (SSSR count). The SMILES string of the molecule is COC(=O)C1=C(C)N(C)C(=O)N(C)C1c1cccc(OCc2ccccc2)c1. The maximum atomic E-state index is 12.6. The largest absolute Gasteiger partial charge is 0.489 e. The van der Waals surface area contributed by atoms with Crippen molar-refractivity contribution in [2.24, 2.45) is 0 Å². The highest BCUT2D eigenvalue weighted by Gasteiger charge is 2.39. The Morgan fingerprint density at radius 1 is 1.07 bits per heavy atom. The Bertz CT molecular complexity index is 908. The van der Waals surface area contributed by atoms with Crippen LogP contribution in [-0.4, -0.2) is 43.0 Å². The molecule has 0 N–H and O–H groups in total. The Labute approximate surface area is 165 Å². The monoisotopic (exact) mass is 380 g/mol. The molecule has 1 atom stereocenters. The number of ether oxygens (including phenoxy) is 2. The minimum Gasteiger partial charge on any atom is -0.489 e. The molecule has 0 saturated carbocycles. The van der Waals surface area contributed by atoms with Crippen molar-refractivity contribution in [3.63, 3.8) is 0 Å². The number of hydrogen-bond donors (Lipinski definition) is 0. The first-order valence-corrected chi connectivity index (χ1v) is 9.00. The number of nitrogens with zero attached hydrogens (tertiary/aromatic N) is 2. The van der Waals surface area contributed by atoms with Gasteiger partial charge in [-0.2, -0.15) is 0 Å². The van der Waals surface area contributed by atoms with E-state index in [4.69, 9.17) is 9.47 Å². The van der Waals surface area contributed by atoms with Crippen molar-refractivity contribution in [3.8, 4) is 5.75 Å². The van der Waals surface area contributed by atoms with E-state index in [9.17, 15) is 9.59 Å². The van der Waals surface area contributed by atoms with Gasteiger partial charge in [-0.05, 0) is 30.2 Å². The summed E-state index contributed by atoms with van der Waals surface area (Å²) in [5, 5.41) is 0. The first-order valence-electron chi connectivity index (χ1n) is 9.00. The summed E-state index contributed by atoms with van der Waals surface area (Å²) in [6.45, 7) is 2.19. The van der Waals surface area contributed by atoms with Crippen LogP contribution >= 0.6 is 0 Å². The van der Waals surface area contributed by atoms with Gasteiger partial charge in [-0.15, -0.1) is 0 Å². The maximum Gasteiger partial charge on any atom is 0.337 e. The summed E-state index contributed by atoms with van der Waals surface area (Å²) in [4.78, 5) is 28.1. The molecule has 6 nitrogen and oxygen atoms in total. The predicted octanol–water partition coefficient (Wildman–Crippen LogP) is 3.75. The smallest absolute Gasteiger partial charge is 0.337 e. The van der Waals surface area contributed by atoms with Crippen LogP contribution in [0.15, 0.2) is 65.9 Å². The van der Waals surface area contributed by atoms with Gasteiger partial charge in [-0.25, -0.2) is 9.59 Å². The number of likely N-dealkylation sites (N-methyl/N-ethyl adjacent to an activating group) is 1. The minimum absolute atomic E-state index is 0.189. The fraction of sp³-hybridized carbons (Fsp3) is 0.273. The quantitative estimate of drug-likeness (QED) is 0.742. The third kappa shape index (κ3) is 3.71. The van der Waals surface area contributed by atoms with Gasteiger partial charge in [-0.1, -0.05) is 42.5 Å². The van der Waals surface area contributed by atoms with E-state index < -0.39 is 12.0 Å². The number of hydrogen-bond acceptors (Lipinski definition) is 4. The molecule has 28 heavy (non-hydrogen) atoms. The second kappa shape index (κ2) is 8.17. The van der Waals surface area contributed by atoms with Crippen molar-refractivity contribution in [3.05, 3.63) is 77.0 Å². The Morgan fingerprint density at radius 2 is 1.79 bits per heavy atom. The lowest BCUT2D eigenvalue weighted by molar-refractivity contribution is -0.137. The number of esters is 1. The van der Waals surface area contributed by atoms with E-state index in [-0.39, 0.29) is 6.03 Å². The second-order valence-electron chi connectivity index (χ2n) is 6.69. The Hall–Kier alpha value is -3.28. The van der Waals surface area contributed by atoms with Crippen LogP contribution in [0.3, 0.4) is 0 Å². The van der Waals surface area contributed by atoms with Crippen molar-refractivity contribution in [2.75, 3.05) is 21.2 Å². The van der Waals surface area contributed by atoms with Gasteiger partial charge in [0.05, 0.1) is 18.7 Å². The third-order valence-corrected chi connectivity index (χ3v) is 4.97. The fourth-order valence-electron chi connectivity index (χ4n) is 3.34. The van der Waals surface area contributed by atoms with Crippen LogP contribution in [0.2, 0.25) is 0 Å². The standard InChI is InChI=1S/C22H24N2O4/c1-15-19(21(25)27-4)20(24(3)22(26)23(15)2)17-11-8-12-18(13-17)28-14-16-9-6-5-7-10-16/h5-13,20H,14H2,1-4H3. The number of carbonyl (C=O) groups is 2. The van der Waals surface area contributed by atoms with E-state index in [1.807, 2.05) is 54.6 Å². The first-order chi connectivity index (χ1) is 13.4. The summed E-state index contributed by atoms with van der Waals surface area (Å²) < 4.78 is 10.9. The number of amides is 2.